The molecule has 12 heavy (non-hydrogen) atoms. The predicted molar refractivity (Wildman–Crippen MR) is 49.4 cm³/mol. The molecule has 0 atom stereocenters. The highest BCUT2D eigenvalue weighted by Crippen LogP contribution is 2.23. The zero-order valence-electron chi connectivity index (χ0n) is 6.62. The summed E-state index contributed by atoms with van der Waals surface area (Å²) >= 11 is 7.29. The van der Waals surface area contributed by atoms with Gasteiger partial charge < -0.3 is 5.11 Å². The van der Waals surface area contributed by atoms with Crippen LogP contribution < -0.4 is 0 Å². The first-order chi connectivity index (χ1) is 5.79. The van der Waals surface area contributed by atoms with Crippen LogP contribution in [0.5, 0.6) is 0 Å². The van der Waals surface area contributed by atoms with Gasteiger partial charge in [0.2, 0.25) is 0 Å². The van der Waals surface area contributed by atoms with Crippen LogP contribution in [0.15, 0.2) is 11.4 Å². The Labute approximate surface area is 80.2 Å². The van der Waals surface area contributed by atoms with Gasteiger partial charge in [-0.3, -0.25) is 0 Å². The quantitative estimate of drug-likeness (QED) is 0.602. The third-order valence-electron chi connectivity index (χ3n) is 1.29. The molecule has 0 radical (unpaired) electrons. The van der Waals surface area contributed by atoms with Gasteiger partial charge >= 0.3 is 0 Å². The molecule has 1 aromatic heterocycles. The van der Waals surface area contributed by atoms with Gasteiger partial charge in [0, 0.05) is 5.56 Å². The normalized spacial score (nSPS) is 10.2. The number of nitrogens with zero attached hydrogens (tertiary/aromatic N) is 2. The van der Waals surface area contributed by atoms with Gasteiger partial charge in [0.25, 0.3) is 0 Å². The molecule has 0 aliphatic heterocycles. The van der Waals surface area contributed by atoms with Gasteiger partial charge in [-0.1, -0.05) is 18.5 Å². The molecule has 0 amide bonds. The molecule has 3 nitrogen and oxygen atoms in total. The number of rotatable bonds is 3. The predicted octanol–water partition coefficient (Wildman–Crippen LogP) is 1.73. The van der Waals surface area contributed by atoms with Crippen molar-refractivity contribution in [3.05, 3.63) is 17.0 Å². The minimum Gasteiger partial charge on any atom is -0.391 e. The van der Waals surface area contributed by atoms with Crippen molar-refractivity contribution < 1.29 is 5.11 Å². The van der Waals surface area contributed by atoms with Crippen LogP contribution in [0, 0.1) is 0 Å². The van der Waals surface area contributed by atoms with Crippen molar-refractivity contribution in [1.82, 2.24) is 9.97 Å². The van der Waals surface area contributed by atoms with E-state index in [0.717, 1.165) is 10.8 Å². The maximum absolute atomic E-state index is 8.95. The average Bonchev–Trinajstić information content (AvgIpc) is 2.05. The maximum Gasteiger partial charge on any atom is 0.139 e. The highest BCUT2D eigenvalue weighted by Gasteiger charge is 2.07. The van der Waals surface area contributed by atoms with Gasteiger partial charge in [-0.2, -0.15) is 0 Å². The summed E-state index contributed by atoms with van der Waals surface area (Å²) in [5.74, 6) is 0.903. The van der Waals surface area contributed by atoms with Crippen molar-refractivity contribution in [2.24, 2.45) is 0 Å². The highest BCUT2D eigenvalue weighted by atomic mass is 35.5. The summed E-state index contributed by atoms with van der Waals surface area (Å²) < 4.78 is 0. The minimum absolute atomic E-state index is 0.109. The summed E-state index contributed by atoms with van der Waals surface area (Å²) in [6.45, 7) is 1.91. The van der Waals surface area contributed by atoms with E-state index in [1.165, 1.54) is 6.33 Å². The zero-order chi connectivity index (χ0) is 8.97. The molecule has 1 aromatic rings. The number of hydrogen-bond donors (Lipinski definition) is 1. The van der Waals surface area contributed by atoms with Crippen LogP contribution in [-0.4, -0.2) is 20.8 Å². The Balaban J connectivity index is 3.00. The molecule has 5 heteroatoms. The fraction of sp³-hybridized carbons (Fsp3) is 0.429. The molecule has 0 aliphatic rings. The van der Waals surface area contributed by atoms with E-state index in [9.17, 15) is 0 Å². The van der Waals surface area contributed by atoms with E-state index in [-0.39, 0.29) is 6.61 Å². The molecule has 1 heterocycles. The Kier molecular flexibility index (Phi) is 3.78. The Morgan fingerprint density at radius 2 is 2.33 bits per heavy atom. The SMILES string of the molecule is CCSc1ncnc(Cl)c1CO. The van der Waals surface area contributed by atoms with E-state index in [1.54, 1.807) is 11.8 Å². The Morgan fingerprint density at radius 1 is 1.58 bits per heavy atom. The Morgan fingerprint density at radius 3 is 2.92 bits per heavy atom. The van der Waals surface area contributed by atoms with Gasteiger partial charge in [0.15, 0.2) is 0 Å². The first kappa shape index (κ1) is 9.77. The van der Waals surface area contributed by atoms with Crippen LogP contribution >= 0.6 is 23.4 Å². The lowest BCUT2D eigenvalue weighted by Gasteiger charge is -2.04. The fourth-order valence-electron chi connectivity index (χ4n) is 0.770. The number of hydrogen-bond acceptors (Lipinski definition) is 4. The standard InChI is InChI=1S/C7H9ClN2OS/c1-2-12-7-5(3-11)6(8)9-4-10-7/h4,11H,2-3H2,1H3. The van der Waals surface area contributed by atoms with Crippen molar-refractivity contribution in [2.75, 3.05) is 5.75 Å². The summed E-state index contributed by atoms with van der Waals surface area (Å²) in [6.07, 6.45) is 1.40. The third kappa shape index (κ3) is 2.09. The topological polar surface area (TPSA) is 46.0 Å². The maximum atomic E-state index is 8.95. The second-order valence-corrected chi connectivity index (χ2v) is 3.65. The summed E-state index contributed by atoms with van der Waals surface area (Å²) in [5, 5.41) is 10.0. The molecule has 0 fully saturated rings. The lowest BCUT2D eigenvalue weighted by molar-refractivity contribution is 0.277. The first-order valence-electron chi connectivity index (χ1n) is 3.52. The molecule has 0 aromatic carbocycles. The Bertz CT molecular complexity index is 270. The lowest BCUT2D eigenvalue weighted by atomic mass is 10.4. The van der Waals surface area contributed by atoms with Crippen molar-refractivity contribution in [3.8, 4) is 0 Å². The van der Waals surface area contributed by atoms with Crippen LogP contribution in [0.2, 0.25) is 5.15 Å². The molecule has 0 aliphatic carbocycles. The second-order valence-electron chi connectivity index (χ2n) is 2.04. The van der Waals surface area contributed by atoms with Crippen molar-refractivity contribution in [3.63, 3.8) is 0 Å². The summed E-state index contributed by atoms with van der Waals surface area (Å²) in [6, 6.07) is 0. The van der Waals surface area contributed by atoms with Gasteiger partial charge in [0.05, 0.1) is 6.61 Å². The molecule has 0 unspecified atom stereocenters. The molecular weight excluding hydrogens is 196 g/mol. The van der Waals surface area contributed by atoms with Gasteiger partial charge in [-0.15, -0.1) is 11.8 Å². The monoisotopic (exact) mass is 204 g/mol. The van der Waals surface area contributed by atoms with E-state index in [2.05, 4.69) is 9.97 Å². The number of aromatic nitrogens is 2. The molecule has 1 N–H and O–H groups in total. The highest BCUT2D eigenvalue weighted by molar-refractivity contribution is 7.99. The molecular formula is C7H9ClN2OS. The largest absolute Gasteiger partial charge is 0.391 e. The van der Waals surface area contributed by atoms with Crippen LogP contribution in [0.3, 0.4) is 0 Å². The van der Waals surface area contributed by atoms with Crippen molar-refractivity contribution in [2.45, 2.75) is 18.6 Å². The third-order valence-corrected chi connectivity index (χ3v) is 2.53. The van der Waals surface area contributed by atoms with Gasteiger partial charge in [-0.05, 0) is 5.75 Å². The molecule has 0 bridgehead atoms. The molecule has 0 saturated heterocycles. The van der Waals surface area contributed by atoms with E-state index in [1.807, 2.05) is 6.92 Å². The molecule has 1 rings (SSSR count). The minimum atomic E-state index is -0.109. The zero-order valence-corrected chi connectivity index (χ0v) is 8.19. The van der Waals surface area contributed by atoms with Crippen LogP contribution in [0.25, 0.3) is 0 Å². The first-order valence-corrected chi connectivity index (χ1v) is 4.89. The second kappa shape index (κ2) is 4.64. The summed E-state index contributed by atoms with van der Waals surface area (Å²) in [4.78, 5) is 7.78. The van der Waals surface area contributed by atoms with Gasteiger partial charge in [0.1, 0.15) is 16.5 Å². The lowest BCUT2D eigenvalue weighted by Crippen LogP contribution is -1.95. The van der Waals surface area contributed by atoms with E-state index in [4.69, 9.17) is 16.7 Å². The van der Waals surface area contributed by atoms with Gasteiger partial charge in [-0.25, -0.2) is 9.97 Å². The van der Waals surface area contributed by atoms with E-state index < -0.39 is 0 Å². The number of halogens is 1. The van der Waals surface area contributed by atoms with Crippen LogP contribution in [-0.2, 0) is 6.61 Å². The average molecular weight is 205 g/mol. The summed E-state index contributed by atoms with van der Waals surface area (Å²) in [5.41, 5.74) is 0.617. The number of thioether (sulfide) groups is 1. The molecule has 0 spiro atoms. The van der Waals surface area contributed by atoms with E-state index >= 15 is 0 Å². The van der Waals surface area contributed by atoms with Crippen molar-refractivity contribution >= 4 is 23.4 Å². The van der Waals surface area contributed by atoms with Crippen molar-refractivity contribution in [1.29, 1.82) is 0 Å². The van der Waals surface area contributed by atoms with Crippen LogP contribution in [0.4, 0.5) is 0 Å². The van der Waals surface area contributed by atoms with Crippen LogP contribution in [0.1, 0.15) is 12.5 Å². The fourth-order valence-corrected chi connectivity index (χ4v) is 1.75. The van der Waals surface area contributed by atoms with E-state index in [0.29, 0.717) is 10.7 Å². The molecule has 66 valence electrons. The summed E-state index contributed by atoms with van der Waals surface area (Å²) in [7, 11) is 0. The molecule has 0 saturated carbocycles. The smallest absolute Gasteiger partial charge is 0.139 e. The number of aliphatic hydroxyl groups is 1. The number of aliphatic hydroxyl groups excluding tert-OH is 1. The Hall–Kier alpha value is -0.320.